The standard InChI is InChI=1S/C26H21F3N2O2/c27-17-7-5-15(6-8-17)24-19(20-12-18(28)13-21(29)25(20)31-24)11-14-9-16(10-14)26(33)30-22-3-1-2-4-23(22)32/h1-3,5-8,12-14,16,31H,4,9-11H2,(H,30,33). The number of Topliss-reactive ketones (excluding diaryl/α,β-unsaturated/α-hetero) is 1. The lowest BCUT2D eigenvalue weighted by molar-refractivity contribution is -0.129. The average Bonchev–Trinajstić information content (AvgIpc) is 3.11. The molecule has 0 atom stereocenters. The molecule has 3 aromatic rings. The number of nitrogens with one attached hydrogen (secondary N) is 2. The predicted octanol–water partition coefficient (Wildman–Crippen LogP) is 5.35. The van der Waals surface area contributed by atoms with Gasteiger partial charge >= 0.3 is 0 Å². The van der Waals surface area contributed by atoms with Gasteiger partial charge in [-0.25, -0.2) is 13.2 Å². The van der Waals surface area contributed by atoms with Crippen LogP contribution in [-0.2, 0) is 16.0 Å². The summed E-state index contributed by atoms with van der Waals surface area (Å²) in [5.74, 6) is -2.13. The Bertz CT molecular complexity index is 1320. The van der Waals surface area contributed by atoms with Crippen LogP contribution in [0.25, 0.3) is 22.2 Å². The summed E-state index contributed by atoms with van der Waals surface area (Å²) in [5, 5.41) is 3.17. The summed E-state index contributed by atoms with van der Waals surface area (Å²) >= 11 is 0. The number of ketones is 1. The number of carbonyl (C=O) groups excluding carboxylic acids is 2. The molecule has 0 unspecified atom stereocenters. The highest BCUT2D eigenvalue weighted by molar-refractivity contribution is 6.01. The largest absolute Gasteiger partial charge is 0.352 e. The third kappa shape index (κ3) is 4.11. The first-order chi connectivity index (χ1) is 15.9. The normalized spacial score (nSPS) is 20.0. The van der Waals surface area contributed by atoms with E-state index in [1.807, 2.05) is 0 Å². The van der Waals surface area contributed by atoms with Crippen LogP contribution >= 0.6 is 0 Å². The molecule has 1 amide bonds. The second-order valence-corrected chi connectivity index (χ2v) is 8.66. The maximum atomic E-state index is 14.5. The van der Waals surface area contributed by atoms with Gasteiger partial charge in [0.05, 0.1) is 11.2 Å². The first-order valence-corrected chi connectivity index (χ1v) is 10.9. The van der Waals surface area contributed by atoms with E-state index in [1.54, 1.807) is 30.4 Å². The van der Waals surface area contributed by atoms with E-state index in [0.29, 0.717) is 41.6 Å². The zero-order valence-electron chi connectivity index (χ0n) is 17.6. The minimum atomic E-state index is -0.690. The molecule has 1 saturated carbocycles. The maximum Gasteiger partial charge on any atom is 0.227 e. The molecule has 0 bridgehead atoms. The van der Waals surface area contributed by atoms with Gasteiger partial charge in [-0.3, -0.25) is 9.59 Å². The van der Waals surface area contributed by atoms with E-state index in [9.17, 15) is 22.8 Å². The van der Waals surface area contributed by atoms with Crippen molar-refractivity contribution in [2.45, 2.75) is 25.7 Å². The van der Waals surface area contributed by atoms with E-state index in [1.165, 1.54) is 18.2 Å². The van der Waals surface area contributed by atoms with Crippen LogP contribution in [-0.4, -0.2) is 16.7 Å². The van der Waals surface area contributed by atoms with Gasteiger partial charge in [-0.2, -0.15) is 0 Å². The van der Waals surface area contributed by atoms with Crippen LogP contribution in [0.2, 0.25) is 0 Å². The summed E-state index contributed by atoms with van der Waals surface area (Å²) in [6.45, 7) is 0. The molecule has 1 heterocycles. The van der Waals surface area contributed by atoms with Crippen molar-refractivity contribution in [3.8, 4) is 11.3 Å². The number of aromatic nitrogens is 1. The van der Waals surface area contributed by atoms with Gasteiger partial charge in [0.15, 0.2) is 5.78 Å². The van der Waals surface area contributed by atoms with Crippen molar-refractivity contribution in [1.29, 1.82) is 0 Å². The Hall–Kier alpha value is -3.61. The van der Waals surface area contributed by atoms with Gasteiger partial charge in [-0.05, 0) is 72.7 Å². The molecule has 2 aliphatic rings. The van der Waals surface area contributed by atoms with E-state index in [2.05, 4.69) is 10.3 Å². The lowest BCUT2D eigenvalue weighted by atomic mass is 9.71. The van der Waals surface area contributed by atoms with Crippen molar-refractivity contribution in [2.24, 2.45) is 11.8 Å². The third-order valence-corrected chi connectivity index (χ3v) is 6.42. The number of rotatable bonds is 5. The minimum Gasteiger partial charge on any atom is -0.352 e. The summed E-state index contributed by atoms with van der Waals surface area (Å²) in [5.41, 5.74) is 2.55. The number of H-pyrrole nitrogens is 1. The summed E-state index contributed by atoms with van der Waals surface area (Å²) in [6.07, 6.45) is 7.09. The lowest BCUT2D eigenvalue weighted by Crippen LogP contribution is -2.40. The molecule has 5 rings (SSSR count). The molecule has 1 aromatic heterocycles. The molecule has 0 saturated heterocycles. The molecule has 0 radical (unpaired) electrons. The fraction of sp³-hybridized carbons (Fsp3) is 0.231. The van der Waals surface area contributed by atoms with E-state index >= 15 is 0 Å². The van der Waals surface area contributed by atoms with Crippen LogP contribution in [0.15, 0.2) is 60.3 Å². The SMILES string of the molecule is O=C1CC=CC=C1NC(=O)C1CC(Cc2c(-c3ccc(F)cc3)[nH]c3c(F)cc(F)cc23)C1. The van der Waals surface area contributed by atoms with Gasteiger partial charge in [0.25, 0.3) is 0 Å². The first kappa shape index (κ1) is 21.2. The molecule has 0 spiro atoms. The number of halogens is 3. The summed E-state index contributed by atoms with van der Waals surface area (Å²) < 4.78 is 41.9. The fourth-order valence-electron chi connectivity index (χ4n) is 4.64. The molecule has 2 aromatic carbocycles. The second-order valence-electron chi connectivity index (χ2n) is 8.66. The Kier molecular flexibility index (Phi) is 5.40. The number of fused-ring (bicyclic) bond motifs is 1. The molecule has 2 aliphatic carbocycles. The number of hydrogen-bond acceptors (Lipinski definition) is 2. The van der Waals surface area contributed by atoms with Crippen LogP contribution in [0.1, 0.15) is 24.8 Å². The summed E-state index contributed by atoms with van der Waals surface area (Å²) in [6, 6.07) is 7.96. The topological polar surface area (TPSA) is 62.0 Å². The molecule has 0 aliphatic heterocycles. The summed E-state index contributed by atoms with van der Waals surface area (Å²) in [7, 11) is 0. The van der Waals surface area contributed by atoms with E-state index in [-0.39, 0.29) is 41.3 Å². The molecule has 7 heteroatoms. The highest BCUT2D eigenvalue weighted by atomic mass is 19.1. The highest BCUT2D eigenvalue weighted by Crippen LogP contribution is 2.41. The second kappa shape index (κ2) is 8.39. The van der Waals surface area contributed by atoms with Crippen molar-refractivity contribution >= 4 is 22.6 Å². The Morgan fingerprint density at radius 1 is 1.06 bits per heavy atom. The van der Waals surface area contributed by atoms with Crippen molar-refractivity contribution in [1.82, 2.24) is 10.3 Å². The smallest absolute Gasteiger partial charge is 0.227 e. The van der Waals surface area contributed by atoms with Gasteiger partial charge in [-0.1, -0.05) is 12.2 Å². The maximum absolute atomic E-state index is 14.5. The minimum absolute atomic E-state index is 0.117. The fourth-order valence-corrected chi connectivity index (χ4v) is 4.64. The number of aromatic amines is 1. The Morgan fingerprint density at radius 3 is 2.55 bits per heavy atom. The molecule has 4 nitrogen and oxygen atoms in total. The van der Waals surface area contributed by atoms with Gasteiger partial charge in [0.2, 0.25) is 5.91 Å². The Morgan fingerprint density at radius 2 is 1.82 bits per heavy atom. The number of benzene rings is 2. The van der Waals surface area contributed by atoms with Crippen molar-refractivity contribution in [3.63, 3.8) is 0 Å². The van der Waals surface area contributed by atoms with Gasteiger partial charge < -0.3 is 10.3 Å². The average molecular weight is 450 g/mol. The van der Waals surface area contributed by atoms with E-state index in [4.69, 9.17) is 0 Å². The highest BCUT2D eigenvalue weighted by Gasteiger charge is 2.36. The van der Waals surface area contributed by atoms with Crippen LogP contribution in [0.3, 0.4) is 0 Å². The molecular formula is C26H21F3N2O2. The predicted molar refractivity (Wildman–Crippen MR) is 119 cm³/mol. The molecule has 33 heavy (non-hydrogen) atoms. The van der Waals surface area contributed by atoms with Crippen LogP contribution < -0.4 is 5.32 Å². The van der Waals surface area contributed by atoms with E-state index < -0.39 is 11.6 Å². The quantitative estimate of drug-likeness (QED) is 0.551. The van der Waals surface area contributed by atoms with Gasteiger partial charge in [0, 0.05) is 29.5 Å². The van der Waals surface area contributed by atoms with Crippen molar-refractivity contribution in [3.05, 3.63) is 83.3 Å². The Balaban J connectivity index is 1.37. The Labute approximate surface area is 188 Å². The number of amides is 1. The number of carbonyl (C=O) groups is 2. The summed E-state index contributed by atoms with van der Waals surface area (Å²) in [4.78, 5) is 27.5. The molecule has 2 N–H and O–H groups in total. The van der Waals surface area contributed by atoms with Crippen LogP contribution in [0, 0.1) is 29.3 Å². The lowest BCUT2D eigenvalue weighted by Gasteiger charge is -2.34. The van der Waals surface area contributed by atoms with E-state index in [0.717, 1.165) is 11.6 Å². The first-order valence-electron chi connectivity index (χ1n) is 10.9. The zero-order valence-corrected chi connectivity index (χ0v) is 17.6. The van der Waals surface area contributed by atoms with Gasteiger partial charge in [-0.15, -0.1) is 0 Å². The van der Waals surface area contributed by atoms with Crippen LogP contribution in [0.5, 0.6) is 0 Å². The molecule has 1 fully saturated rings. The van der Waals surface area contributed by atoms with Crippen LogP contribution in [0.4, 0.5) is 13.2 Å². The molecule has 168 valence electrons. The van der Waals surface area contributed by atoms with Crippen molar-refractivity contribution < 1.29 is 22.8 Å². The number of hydrogen-bond donors (Lipinski definition) is 2. The third-order valence-electron chi connectivity index (χ3n) is 6.42. The molecular weight excluding hydrogens is 429 g/mol. The number of allylic oxidation sites excluding steroid dienone is 4. The monoisotopic (exact) mass is 450 g/mol. The van der Waals surface area contributed by atoms with Gasteiger partial charge in [0.1, 0.15) is 17.5 Å². The van der Waals surface area contributed by atoms with Crippen molar-refractivity contribution in [2.75, 3.05) is 0 Å². The zero-order chi connectivity index (χ0) is 23.1.